The van der Waals surface area contributed by atoms with Gasteiger partial charge in [-0.2, -0.15) is 0 Å². The summed E-state index contributed by atoms with van der Waals surface area (Å²) >= 11 is 0. The third-order valence-corrected chi connectivity index (χ3v) is 2.30. The maximum Gasteiger partial charge on any atom is 0.237 e. The van der Waals surface area contributed by atoms with Gasteiger partial charge in [-0.05, 0) is 12.8 Å². The second kappa shape index (κ2) is 6.50. The second-order valence-electron chi connectivity index (χ2n) is 3.84. The van der Waals surface area contributed by atoms with Gasteiger partial charge in [-0.1, -0.05) is 13.8 Å². The van der Waals surface area contributed by atoms with E-state index >= 15 is 0 Å². The van der Waals surface area contributed by atoms with Crippen LogP contribution in [-0.4, -0.2) is 16.9 Å². The number of amides is 1. The Bertz CT molecular complexity index is 339. The molecule has 0 saturated carbocycles. The molecule has 0 radical (unpaired) electrons. The number of aryl methyl sites for hydroxylation is 1. The molecule has 0 aliphatic carbocycles. The molecule has 0 fully saturated rings. The Balaban J connectivity index is 0.00000225. The second-order valence-corrected chi connectivity index (χ2v) is 3.84. The van der Waals surface area contributed by atoms with E-state index in [1.807, 2.05) is 13.8 Å². The van der Waals surface area contributed by atoms with Crippen LogP contribution in [-0.2, 0) is 11.3 Å². The number of rotatable bonds is 4. The molecule has 0 aliphatic heterocycles. The van der Waals surface area contributed by atoms with E-state index < -0.39 is 6.04 Å². The molecule has 1 heterocycles. The van der Waals surface area contributed by atoms with Crippen LogP contribution in [0, 0.1) is 12.8 Å². The number of carbonyl (C=O) groups excluding carboxylic acids is 1. The SMILES string of the molecule is Cc1ocnc1CNC(=O)C(N)C(C)C.Cl. The molecule has 0 saturated heterocycles. The molecule has 6 heteroatoms. The van der Waals surface area contributed by atoms with Crippen molar-refractivity contribution < 1.29 is 9.21 Å². The zero-order chi connectivity index (χ0) is 11.4. The minimum Gasteiger partial charge on any atom is -0.448 e. The summed E-state index contributed by atoms with van der Waals surface area (Å²) in [5, 5.41) is 2.72. The highest BCUT2D eigenvalue weighted by atomic mass is 35.5. The van der Waals surface area contributed by atoms with Crippen LogP contribution in [0.15, 0.2) is 10.8 Å². The van der Waals surface area contributed by atoms with E-state index in [9.17, 15) is 4.79 Å². The normalized spacial score (nSPS) is 12.1. The molecule has 5 nitrogen and oxygen atoms in total. The molecule has 0 aliphatic rings. The number of halogens is 1. The lowest BCUT2D eigenvalue weighted by atomic mass is 10.1. The first kappa shape index (κ1) is 14.9. The summed E-state index contributed by atoms with van der Waals surface area (Å²) < 4.78 is 5.01. The lowest BCUT2D eigenvalue weighted by molar-refractivity contribution is -0.123. The molecule has 0 bridgehead atoms. The zero-order valence-corrected chi connectivity index (χ0v) is 10.5. The van der Waals surface area contributed by atoms with E-state index in [0.717, 1.165) is 5.69 Å². The topological polar surface area (TPSA) is 81.2 Å². The van der Waals surface area contributed by atoms with Gasteiger partial charge in [0.25, 0.3) is 0 Å². The molecule has 1 rings (SSSR count). The van der Waals surface area contributed by atoms with Crippen molar-refractivity contribution in [2.75, 3.05) is 0 Å². The van der Waals surface area contributed by atoms with Crippen molar-refractivity contribution in [2.24, 2.45) is 11.7 Å². The minimum atomic E-state index is -0.475. The monoisotopic (exact) mass is 247 g/mol. The standard InChI is InChI=1S/C10H17N3O2.ClH/c1-6(2)9(11)10(14)12-4-8-7(3)15-5-13-8;/h5-6,9H,4,11H2,1-3H3,(H,12,14);1H. The molecular formula is C10H18ClN3O2. The van der Waals surface area contributed by atoms with Gasteiger partial charge in [0.05, 0.1) is 12.6 Å². The van der Waals surface area contributed by atoms with Gasteiger partial charge in [0.15, 0.2) is 6.39 Å². The molecule has 1 unspecified atom stereocenters. The molecule has 1 amide bonds. The summed E-state index contributed by atoms with van der Waals surface area (Å²) in [7, 11) is 0. The van der Waals surface area contributed by atoms with E-state index in [0.29, 0.717) is 12.3 Å². The smallest absolute Gasteiger partial charge is 0.237 e. The van der Waals surface area contributed by atoms with E-state index in [1.54, 1.807) is 6.92 Å². The summed E-state index contributed by atoms with van der Waals surface area (Å²) in [6.45, 7) is 5.98. The van der Waals surface area contributed by atoms with Crippen molar-refractivity contribution in [1.29, 1.82) is 0 Å². The maximum atomic E-state index is 11.5. The first-order valence-corrected chi connectivity index (χ1v) is 4.94. The Labute approximate surface area is 101 Å². The zero-order valence-electron chi connectivity index (χ0n) is 9.69. The van der Waals surface area contributed by atoms with Crippen LogP contribution < -0.4 is 11.1 Å². The van der Waals surface area contributed by atoms with Crippen molar-refractivity contribution in [3.05, 3.63) is 17.8 Å². The van der Waals surface area contributed by atoms with Crippen LogP contribution in [0.3, 0.4) is 0 Å². The van der Waals surface area contributed by atoms with E-state index in [-0.39, 0.29) is 24.2 Å². The predicted molar refractivity (Wildman–Crippen MR) is 63.1 cm³/mol. The number of nitrogens with one attached hydrogen (secondary N) is 1. The van der Waals surface area contributed by atoms with Crippen LogP contribution in [0.2, 0.25) is 0 Å². The highest BCUT2D eigenvalue weighted by Crippen LogP contribution is 2.04. The summed E-state index contributed by atoms with van der Waals surface area (Å²) in [6.07, 6.45) is 1.36. The van der Waals surface area contributed by atoms with Crippen molar-refractivity contribution in [3.63, 3.8) is 0 Å². The van der Waals surface area contributed by atoms with Gasteiger partial charge < -0.3 is 15.5 Å². The van der Waals surface area contributed by atoms with Crippen molar-refractivity contribution >= 4 is 18.3 Å². The van der Waals surface area contributed by atoms with Gasteiger partial charge in [0, 0.05) is 0 Å². The van der Waals surface area contributed by atoms with Gasteiger partial charge in [0.2, 0.25) is 5.91 Å². The number of carbonyl (C=O) groups is 1. The summed E-state index contributed by atoms with van der Waals surface area (Å²) in [6, 6.07) is -0.475. The number of hydrogen-bond acceptors (Lipinski definition) is 4. The van der Waals surface area contributed by atoms with E-state index in [4.69, 9.17) is 10.2 Å². The van der Waals surface area contributed by atoms with Gasteiger partial charge in [-0.25, -0.2) is 4.98 Å². The van der Waals surface area contributed by atoms with Gasteiger partial charge in [-0.3, -0.25) is 4.79 Å². The lowest BCUT2D eigenvalue weighted by Crippen LogP contribution is -2.43. The van der Waals surface area contributed by atoms with Crippen LogP contribution in [0.4, 0.5) is 0 Å². The van der Waals surface area contributed by atoms with Crippen LogP contribution in [0.5, 0.6) is 0 Å². The maximum absolute atomic E-state index is 11.5. The predicted octanol–water partition coefficient (Wildman–Crippen LogP) is 1.00. The quantitative estimate of drug-likeness (QED) is 0.832. The molecule has 3 N–H and O–H groups in total. The Morgan fingerprint density at radius 1 is 1.62 bits per heavy atom. The fraction of sp³-hybridized carbons (Fsp3) is 0.600. The Morgan fingerprint density at radius 3 is 2.69 bits per heavy atom. The van der Waals surface area contributed by atoms with Gasteiger partial charge >= 0.3 is 0 Å². The van der Waals surface area contributed by atoms with Crippen LogP contribution >= 0.6 is 12.4 Å². The highest BCUT2D eigenvalue weighted by molar-refractivity contribution is 5.85. The van der Waals surface area contributed by atoms with Crippen molar-refractivity contribution in [1.82, 2.24) is 10.3 Å². The molecule has 92 valence electrons. The summed E-state index contributed by atoms with van der Waals surface area (Å²) in [4.78, 5) is 15.5. The number of nitrogens with zero attached hydrogens (tertiary/aromatic N) is 1. The first-order valence-electron chi connectivity index (χ1n) is 4.94. The van der Waals surface area contributed by atoms with Crippen molar-refractivity contribution in [2.45, 2.75) is 33.4 Å². The summed E-state index contributed by atoms with van der Waals surface area (Å²) in [5.41, 5.74) is 6.42. The number of aromatic nitrogens is 1. The fourth-order valence-electron chi connectivity index (χ4n) is 1.09. The van der Waals surface area contributed by atoms with Gasteiger partial charge in [0.1, 0.15) is 11.5 Å². The Kier molecular flexibility index (Phi) is 6.06. The molecule has 1 aromatic rings. The lowest BCUT2D eigenvalue weighted by Gasteiger charge is -2.14. The molecule has 0 aromatic carbocycles. The average Bonchev–Trinajstić information content (AvgIpc) is 2.59. The van der Waals surface area contributed by atoms with Crippen LogP contribution in [0.25, 0.3) is 0 Å². The third-order valence-electron chi connectivity index (χ3n) is 2.30. The third kappa shape index (κ3) is 3.83. The number of nitrogens with two attached hydrogens (primary N) is 1. The Morgan fingerprint density at radius 2 is 2.25 bits per heavy atom. The molecular weight excluding hydrogens is 230 g/mol. The van der Waals surface area contributed by atoms with Crippen molar-refractivity contribution in [3.8, 4) is 0 Å². The van der Waals surface area contributed by atoms with E-state index in [1.165, 1.54) is 6.39 Å². The minimum absolute atomic E-state index is 0. The average molecular weight is 248 g/mol. The molecule has 16 heavy (non-hydrogen) atoms. The molecule has 1 aromatic heterocycles. The molecule has 1 atom stereocenters. The number of oxazole rings is 1. The van der Waals surface area contributed by atoms with E-state index in [2.05, 4.69) is 10.3 Å². The Hall–Kier alpha value is -1.07. The summed E-state index contributed by atoms with van der Waals surface area (Å²) in [5.74, 6) is 0.684. The van der Waals surface area contributed by atoms with Crippen LogP contribution in [0.1, 0.15) is 25.3 Å². The largest absolute Gasteiger partial charge is 0.448 e. The fourth-order valence-corrected chi connectivity index (χ4v) is 1.09. The number of hydrogen-bond donors (Lipinski definition) is 2. The first-order chi connectivity index (χ1) is 7.02. The highest BCUT2D eigenvalue weighted by Gasteiger charge is 2.17. The van der Waals surface area contributed by atoms with Gasteiger partial charge in [-0.15, -0.1) is 12.4 Å². The molecule has 0 spiro atoms.